The van der Waals surface area contributed by atoms with Crippen LogP contribution in [0, 0.1) is 0 Å². The second-order valence-electron chi connectivity index (χ2n) is 4.16. The van der Waals surface area contributed by atoms with Crippen LogP contribution < -0.4 is 5.32 Å². The predicted octanol–water partition coefficient (Wildman–Crippen LogP) is 1.67. The maximum Gasteiger partial charge on any atom is 0.410 e. The van der Waals surface area contributed by atoms with E-state index in [0.717, 1.165) is 0 Å². The van der Waals surface area contributed by atoms with Gasteiger partial charge in [0.25, 0.3) is 0 Å². The Bertz CT molecular complexity index is 825. The quantitative estimate of drug-likeness (QED) is 0.629. The lowest BCUT2D eigenvalue weighted by Gasteiger charge is -2.01. The zero-order chi connectivity index (χ0) is 14.8. The molecule has 3 aromatic heterocycles. The van der Waals surface area contributed by atoms with Gasteiger partial charge in [0.1, 0.15) is 11.5 Å². The van der Waals surface area contributed by atoms with E-state index in [1.54, 1.807) is 18.3 Å². The van der Waals surface area contributed by atoms with Crippen LogP contribution in [0.1, 0.15) is 16.1 Å². The van der Waals surface area contributed by atoms with Gasteiger partial charge in [-0.15, -0.1) is 0 Å². The van der Waals surface area contributed by atoms with Gasteiger partial charge in [-0.2, -0.15) is 5.10 Å². The van der Waals surface area contributed by atoms with Crippen molar-refractivity contribution in [1.29, 1.82) is 0 Å². The summed E-state index contributed by atoms with van der Waals surface area (Å²) < 4.78 is 0. The van der Waals surface area contributed by atoms with Crippen molar-refractivity contribution >= 4 is 28.7 Å². The van der Waals surface area contributed by atoms with Crippen molar-refractivity contribution in [3.8, 4) is 0 Å². The molecule has 0 aromatic carbocycles. The van der Waals surface area contributed by atoms with E-state index in [4.69, 9.17) is 5.11 Å². The molecule has 0 unspecified atom stereocenters. The first-order valence-electron chi connectivity index (χ1n) is 5.95. The molecule has 0 aliphatic rings. The van der Waals surface area contributed by atoms with Crippen LogP contribution in [0.15, 0.2) is 36.7 Å². The third-order valence-corrected chi connectivity index (χ3v) is 2.82. The number of hydrogen-bond acceptors (Lipinski definition) is 5. The van der Waals surface area contributed by atoms with Gasteiger partial charge >= 0.3 is 6.09 Å². The molecular weight excluding hydrogens is 274 g/mol. The summed E-state index contributed by atoms with van der Waals surface area (Å²) in [4.78, 5) is 30.8. The van der Waals surface area contributed by atoms with Crippen molar-refractivity contribution in [2.45, 2.75) is 0 Å². The maximum atomic E-state index is 12.4. The van der Waals surface area contributed by atoms with E-state index in [1.807, 2.05) is 0 Å². The Morgan fingerprint density at radius 2 is 2.05 bits per heavy atom. The number of pyridine rings is 2. The lowest BCUT2D eigenvalue weighted by Crippen LogP contribution is -2.09. The largest absolute Gasteiger partial charge is 0.465 e. The first kappa shape index (κ1) is 12.7. The number of aromatic amines is 1. The number of nitrogens with zero attached hydrogens (tertiary/aromatic N) is 3. The molecule has 0 bridgehead atoms. The summed E-state index contributed by atoms with van der Waals surface area (Å²) in [5.41, 5.74) is 1.09. The molecule has 3 N–H and O–H groups in total. The molecule has 3 aromatic rings. The average Bonchev–Trinajstić information content (AvgIpc) is 2.90. The number of aromatic nitrogens is 4. The van der Waals surface area contributed by atoms with E-state index >= 15 is 0 Å². The van der Waals surface area contributed by atoms with Crippen molar-refractivity contribution < 1.29 is 14.7 Å². The first-order chi connectivity index (χ1) is 10.1. The highest BCUT2D eigenvalue weighted by atomic mass is 16.4. The Morgan fingerprint density at radius 3 is 2.76 bits per heavy atom. The molecule has 0 radical (unpaired) electrons. The minimum Gasteiger partial charge on any atom is -0.465 e. The number of H-pyrrole nitrogens is 1. The van der Waals surface area contributed by atoms with Gasteiger partial charge < -0.3 is 5.11 Å². The summed E-state index contributed by atoms with van der Waals surface area (Å²) in [5.74, 6) is -0.143. The zero-order valence-corrected chi connectivity index (χ0v) is 10.6. The Kier molecular flexibility index (Phi) is 3.03. The number of carboxylic acid groups (broad SMARTS) is 1. The highest BCUT2D eigenvalue weighted by molar-refractivity contribution is 6.14. The Balaban J connectivity index is 1.93. The molecule has 8 heteroatoms. The molecule has 0 saturated carbocycles. The molecule has 0 atom stereocenters. The highest BCUT2D eigenvalue weighted by Crippen LogP contribution is 2.17. The molecule has 0 spiro atoms. The van der Waals surface area contributed by atoms with Crippen LogP contribution in [0.2, 0.25) is 0 Å². The predicted molar refractivity (Wildman–Crippen MR) is 73.2 cm³/mol. The average molecular weight is 283 g/mol. The molecule has 104 valence electrons. The van der Waals surface area contributed by atoms with Gasteiger partial charge in [-0.05, 0) is 24.3 Å². The number of ketones is 1. The number of hydrogen-bond donors (Lipinski definition) is 3. The number of carbonyl (C=O) groups excluding carboxylic acids is 1. The highest BCUT2D eigenvalue weighted by Gasteiger charge is 2.16. The van der Waals surface area contributed by atoms with E-state index in [0.29, 0.717) is 22.3 Å². The van der Waals surface area contributed by atoms with Gasteiger partial charge in [0, 0.05) is 18.0 Å². The normalized spacial score (nSPS) is 10.5. The number of nitrogens with one attached hydrogen (secondary N) is 2. The summed E-state index contributed by atoms with van der Waals surface area (Å²) in [5, 5.41) is 17.9. The van der Waals surface area contributed by atoms with Crippen molar-refractivity contribution in [2.75, 3.05) is 5.32 Å². The summed E-state index contributed by atoms with van der Waals surface area (Å²) >= 11 is 0. The van der Waals surface area contributed by atoms with Crippen molar-refractivity contribution in [2.24, 2.45) is 0 Å². The molecule has 0 saturated heterocycles. The van der Waals surface area contributed by atoms with Crippen LogP contribution in [0.5, 0.6) is 0 Å². The Morgan fingerprint density at radius 1 is 1.19 bits per heavy atom. The maximum absolute atomic E-state index is 12.4. The summed E-state index contributed by atoms with van der Waals surface area (Å²) in [6.45, 7) is 0. The summed E-state index contributed by atoms with van der Waals surface area (Å²) in [6, 6.07) is 6.36. The van der Waals surface area contributed by atoms with E-state index in [-0.39, 0.29) is 11.6 Å². The zero-order valence-electron chi connectivity index (χ0n) is 10.6. The van der Waals surface area contributed by atoms with Gasteiger partial charge in [-0.25, -0.2) is 14.8 Å². The molecule has 1 amide bonds. The SMILES string of the molecule is O=C(O)Nc1ccc(C(=O)c2[nH]nc3ncccc23)cn1. The van der Waals surface area contributed by atoms with Crippen LogP contribution in [0.4, 0.5) is 10.6 Å². The third-order valence-electron chi connectivity index (χ3n) is 2.82. The van der Waals surface area contributed by atoms with Crippen LogP contribution in [0.3, 0.4) is 0 Å². The molecule has 0 aliphatic heterocycles. The van der Waals surface area contributed by atoms with Crippen LogP contribution >= 0.6 is 0 Å². The van der Waals surface area contributed by atoms with Crippen LogP contribution in [-0.2, 0) is 0 Å². The fourth-order valence-corrected chi connectivity index (χ4v) is 1.88. The lowest BCUT2D eigenvalue weighted by atomic mass is 10.1. The topological polar surface area (TPSA) is 121 Å². The van der Waals surface area contributed by atoms with E-state index in [2.05, 4.69) is 25.5 Å². The van der Waals surface area contributed by atoms with Crippen molar-refractivity contribution in [1.82, 2.24) is 20.2 Å². The second kappa shape index (κ2) is 5.00. The summed E-state index contributed by atoms with van der Waals surface area (Å²) in [6.07, 6.45) is 1.68. The van der Waals surface area contributed by atoms with Gasteiger partial charge in [-0.3, -0.25) is 15.2 Å². The molecule has 3 rings (SSSR count). The van der Waals surface area contributed by atoms with E-state index in [9.17, 15) is 9.59 Å². The Labute approximate surface area is 117 Å². The lowest BCUT2D eigenvalue weighted by molar-refractivity contribution is 0.103. The van der Waals surface area contributed by atoms with Gasteiger partial charge in [0.05, 0.1) is 5.39 Å². The van der Waals surface area contributed by atoms with Crippen LogP contribution in [-0.4, -0.2) is 37.1 Å². The number of fused-ring (bicyclic) bond motifs is 1. The third kappa shape index (κ3) is 2.41. The number of amides is 1. The molecule has 0 aliphatic carbocycles. The fraction of sp³-hybridized carbons (Fsp3) is 0. The van der Waals surface area contributed by atoms with Gasteiger partial charge in [0.2, 0.25) is 5.78 Å². The summed E-state index contributed by atoms with van der Waals surface area (Å²) in [7, 11) is 0. The van der Waals surface area contributed by atoms with E-state index < -0.39 is 6.09 Å². The van der Waals surface area contributed by atoms with Crippen LogP contribution in [0.25, 0.3) is 11.0 Å². The minimum absolute atomic E-state index is 0.148. The number of carbonyl (C=O) groups is 2. The fourth-order valence-electron chi connectivity index (χ4n) is 1.88. The molecule has 3 heterocycles. The van der Waals surface area contributed by atoms with Gasteiger partial charge in [-0.1, -0.05) is 0 Å². The van der Waals surface area contributed by atoms with Crippen molar-refractivity contribution in [3.63, 3.8) is 0 Å². The molecule has 21 heavy (non-hydrogen) atoms. The minimum atomic E-state index is -1.22. The van der Waals surface area contributed by atoms with Crippen molar-refractivity contribution in [3.05, 3.63) is 47.9 Å². The monoisotopic (exact) mass is 283 g/mol. The number of rotatable bonds is 3. The Hall–Kier alpha value is -3.29. The smallest absolute Gasteiger partial charge is 0.410 e. The standard InChI is InChI=1S/C13H9N5O3/c19-11(7-3-4-9(15-6-7)16-13(20)21)10-8-2-1-5-14-12(8)18-17-10/h1-6H,(H,15,16)(H,20,21)(H,14,17,18). The first-order valence-corrected chi connectivity index (χ1v) is 5.95. The second-order valence-corrected chi connectivity index (χ2v) is 4.16. The molecular formula is C13H9N5O3. The number of anilines is 1. The molecule has 0 fully saturated rings. The van der Waals surface area contributed by atoms with Gasteiger partial charge in [0.15, 0.2) is 5.65 Å². The van der Waals surface area contributed by atoms with E-state index in [1.165, 1.54) is 18.3 Å². The molecule has 8 nitrogen and oxygen atoms in total.